The Balaban J connectivity index is 1.83. The molecule has 3 rings (SSSR count). The first-order valence-electron chi connectivity index (χ1n) is 7.65. The topological polar surface area (TPSA) is 56.2 Å². The zero-order chi connectivity index (χ0) is 16.6. The number of halogens is 1. The number of fused-ring (bicyclic) bond motifs is 1. The van der Waals surface area contributed by atoms with E-state index in [-0.39, 0.29) is 11.9 Å². The van der Waals surface area contributed by atoms with E-state index in [4.69, 9.17) is 16.3 Å². The van der Waals surface area contributed by atoms with Gasteiger partial charge in [0.1, 0.15) is 12.4 Å². The minimum Gasteiger partial charge on any atom is -0.491 e. The van der Waals surface area contributed by atoms with E-state index in [1.165, 1.54) is 0 Å². The van der Waals surface area contributed by atoms with Crippen LogP contribution in [0.1, 0.15) is 38.9 Å². The third-order valence-electron chi connectivity index (χ3n) is 4.16. The predicted molar refractivity (Wildman–Crippen MR) is 89.3 cm³/mol. The summed E-state index contributed by atoms with van der Waals surface area (Å²) in [6.45, 7) is 6.82. The number of benzene rings is 1. The number of hydrogen-bond acceptors (Lipinski definition) is 3. The maximum absolute atomic E-state index is 12.7. The predicted octanol–water partition coefficient (Wildman–Crippen LogP) is 2.91. The summed E-state index contributed by atoms with van der Waals surface area (Å²) >= 11 is 5.78. The smallest absolute Gasteiger partial charge is 0.255 e. The minimum atomic E-state index is -0.132. The number of nitrogens with one attached hydrogen (secondary N) is 1. The standard InChI is InChI=1S/C17H20ClN3O2/c1-10-4-5-15-13(8-10)14(9-23-15)19-17(22)16-11(2)20-21(7-6-18)12(16)3/h4-5,8,14H,6-7,9H2,1-3H3,(H,19,22). The Kier molecular flexibility index (Phi) is 4.31. The van der Waals surface area contributed by atoms with Crippen LogP contribution in [0.5, 0.6) is 5.75 Å². The fourth-order valence-electron chi connectivity index (χ4n) is 3.01. The second-order valence-corrected chi connectivity index (χ2v) is 6.21. The van der Waals surface area contributed by atoms with Gasteiger partial charge in [-0.2, -0.15) is 5.10 Å². The molecule has 1 aromatic carbocycles. The summed E-state index contributed by atoms with van der Waals surface area (Å²) in [5, 5.41) is 7.46. The highest BCUT2D eigenvalue weighted by Gasteiger charge is 2.28. The molecule has 122 valence electrons. The lowest BCUT2D eigenvalue weighted by atomic mass is 10.0. The number of ether oxygens (including phenoxy) is 1. The number of hydrogen-bond donors (Lipinski definition) is 1. The van der Waals surface area contributed by atoms with E-state index < -0.39 is 0 Å². The van der Waals surface area contributed by atoms with Crippen molar-refractivity contribution in [3.63, 3.8) is 0 Å². The van der Waals surface area contributed by atoms with Gasteiger partial charge in [0, 0.05) is 17.1 Å². The van der Waals surface area contributed by atoms with Gasteiger partial charge in [0.25, 0.3) is 5.91 Å². The molecular weight excluding hydrogens is 314 g/mol. The number of rotatable bonds is 4. The van der Waals surface area contributed by atoms with Crippen LogP contribution in [0.25, 0.3) is 0 Å². The molecule has 1 unspecified atom stereocenters. The molecule has 1 N–H and O–H groups in total. The molecule has 0 saturated carbocycles. The van der Waals surface area contributed by atoms with Crippen molar-refractivity contribution in [3.05, 3.63) is 46.3 Å². The van der Waals surface area contributed by atoms with Crippen LogP contribution in [0.4, 0.5) is 0 Å². The number of aromatic nitrogens is 2. The van der Waals surface area contributed by atoms with E-state index in [0.29, 0.717) is 30.3 Å². The second kappa shape index (κ2) is 6.24. The van der Waals surface area contributed by atoms with Crippen LogP contribution in [-0.2, 0) is 6.54 Å². The third-order valence-corrected chi connectivity index (χ3v) is 4.33. The van der Waals surface area contributed by atoms with Gasteiger partial charge in [-0.25, -0.2) is 0 Å². The largest absolute Gasteiger partial charge is 0.491 e. The van der Waals surface area contributed by atoms with Crippen molar-refractivity contribution in [2.24, 2.45) is 0 Å². The molecule has 2 heterocycles. The molecule has 6 heteroatoms. The van der Waals surface area contributed by atoms with Gasteiger partial charge in [0.2, 0.25) is 0 Å². The van der Waals surface area contributed by atoms with Crippen molar-refractivity contribution in [2.75, 3.05) is 12.5 Å². The van der Waals surface area contributed by atoms with Crippen molar-refractivity contribution in [1.29, 1.82) is 0 Å². The Morgan fingerprint density at radius 2 is 2.22 bits per heavy atom. The number of aryl methyl sites for hydroxylation is 3. The zero-order valence-electron chi connectivity index (χ0n) is 13.5. The molecule has 23 heavy (non-hydrogen) atoms. The number of carbonyl (C=O) groups is 1. The minimum absolute atomic E-state index is 0.122. The van der Waals surface area contributed by atoms with E-state index in [0.717, 1.165) is 22.6 Å². The number of amides is 1. The fraction of sp³-hybridized carbons (Fsp3) is 0.412. The maximum Gasteiger partial charge on any atom is 0.255 e. The normalized spacial score (nSPS) is 16.1. The number of nitrogens with zero attached hydrogens (tertiary/aromatic N) is 2. The first-order valence-corrected chi connectivity index (χ1v) is 8.19. The van der Waals surface area contributed by atoms with Crippen LogP contribution in [0.2, 0.25) is 0 Å². The Morgan fingerprint density at radius 1 is 1.43 bits per heavy atom. The molecule has 0 fully saturated rings. The van der Waals surface area contributed by atoms with Gasteiger partial charge in [-0.05, 0) is 26.8 Å². The van der Waals surface area contributed by atoms with Crippen LogP contribution in [0, 0.1) is 20.8 Å². The molecule has 5 nitrogen and oxygen atoms in total. The molecule has 0 spiro atoms. The SMILES string of the molecule is Cc1ccc2c(c1)C(NC(=O)c1c(C)nn(CCCl)c1C)CO2. The van der Waals surface area contributed by atoms with Crippen LogP contribution >= 0.6 is 11.6 Å². The van der Waals surface area contributed by atoms with E-state index in [1.807, 2.05) is 32.9 Å². The van der Waals surface area contributed by atoms with Crippen molar-refractivity contribution < 1.29 is 9.53 Å². The molecule has 2 aromatic rings. The van der Waals surface area contributed by atoms with Crippen LogP contribution in [0.3, 0.4) is 0 Å². The summed E-state index contributed by atoms with van der Waals surface area (Å²) in [6, 6.07) is 5.89. The van der Waals surface area contributed by atoms with E-state index in [1.54, 1.807) is 4.68 Å². The highest BCUT2D eigenvalue weighted by Crippen LogP contribution is 2.33. The average molecular weight is 334 g/mol. The summed E-state index contributed by atoms with van der Waals surface area (Å²) in [6.07, 6.45) is 0. The van der Waals surface area contributed by atoms with E-state index in [2.05, 4.69) is 16.5 Å². The van der Waals surface area contributed by atoms with Gasteiger partial charge < -0.3 is 10.1 Å². The average Bonchev–Trinajstić information content (AvgIpc) is 3.01. The molecule has 0 aliphatic carbocycles. The molecule has 1 aliphatic rings. The molecule has 1 atom stereocenters. The number of carbonyl (C=O) groups excluding carboxylic acids is 1. The Morgan fingerprint density at radius 3 is 2.96 bits per heavy atom. The molecule has 0 radical (unpaired) electrons. The maximum atomic E-state index is 12.7. The quantitative estimate of drug-likeness (QED) is 0.875. The summed E-state index contributed by atoms with van der Waals surface area (Å²) in [5.41, 5.74) is 4.35. The summed E-state index contributed by atoms with van der Waals surface area (Å²) < 4.78 is 7.43. The molecule has 0 saturated heterocycles. The van der Waals surface area contributed by atoms with Gasteiger partial charge in [-0.3, -0.25) is 9.48 Å². The zero-order valence-corrected chi connectivity index (χ0v) is 14.3. The van der Waals surface area contributed by atoms with Gasteiger partial charge in [-0.1, -0.05) is 17.7 Å². The fourth-order valence-corrected chi connectivity index (χ4v) is 3.17. The summed E-state index contributed by atoms with van der Waals surface area (Å²) in [7, 11) is 0. The third kappa shape index (κ3) is 2.93. The van der Waals surface area contributed by atoms with Crippen LogP contribution in [-0.4, -0.2) is 28.2 Å². The van der Waals surface area contributed by atoms with Crippen LogP contribution in [0.15, 0.2) is 18.2 Å². The highest BCUT2D eigenvalue weighted by atomic mass is 35.5. The van der Waals surface area contributed by atoms with E-state index >= 15 is 0 Å². The van der Waals surface area contributed by atoms with Gasteiger partial charge >= 0.3 is 0 Å². The first-order chi connectivity index (χ1) is 11.0. The van der Waals surface area contributed by atoms with Gasteiger partial charge in [0.05, 0.1) is 23.8 Å². The highest BCUT2D eigenvalue weighted by molar-refractivity contribution is 6.17. The van der Waals surface area contributed by atoms with Crippen molar-refractivity contribution in [2.45, 2.75) is 33.4 Å². The van der Waals surface area contributed by atoms with Crippen molar-refractivity contribution in [3.8, 4) is 5.75 Å². The lowest BCUT2D eigenvalue weighted by Gasteiger charge is -2.12. The van der Waals surface area contributed by atoms with Gasteiger partial charge in [0.15, 0.2) is 0 Å². The summed E-state index contributed by atoms with van der Waals surface area (Å²) in [4.78, 5) is 12.7. The van der Waals surface area contributed by atoms with Crippen LogP contribution < -0.4 is 10.1 Å². The number of alkyl halides is 1. The van der Waals surface area contributed by atoms with E-state index in [9.17, 15) is 4.79 Å². The molecule has 1 aliphatic heterocycles. The Labute approximate surface area is 140 Å². The molecule has 0 bridgehead atoms. The monoisotopic (exact) mass is 333 g/mol. The Hall–Kier alpha value is -2.01. The lowest BCUT2D eigenvalue weighted by molar-refractivity contribution is 0.0929. The molecule has 1 aromatic heterocycles. The molecular formula is C17H20ClN3O2. The lowest BCUT2D eigenvalue weighted by Crippen LogP contribution is -2.30. The summed E-state index contributed by atoms with van der Waals surface area (Å²) in [5.74, 6) is 1.18. The second-order valence-electron chi connectivity index (χ2n) is 5.84. The Bertz CT molecular complexity index is 755. The van der Waals surface area contributed by atoms with Gasteiger partial charge in [-0.15, -0.1) is 11.6 Å². The van der Waals surface area contributed by atoms with Crippen molar-refractivity contribution in [1.82, 2.24) is 15.1 Å². The van der Waals surface area contributed by atoms with Crippen molar-refractivity contribution >= 4 is 17.5 Å². The first kappa shape index (κ1) is 15.9. The molecule has 1 amide bonds.